The van der Waals surface area contributed by atoms with E-state index in [1.165, 1.54) is 6.07 Å². The maximum Gasteiger partial charge on any atom is 0.573 e. The summed E-state index contributed by atoms with van der Waals surface area (Å²) in [6, 6.07) is 3.19. The third kappa shape index (κ3) is 3.04. The van der Waals surface area contributed by atoms with Crippen LogP contribution in [-0.2, 0) is 4.74 Å². The van der Waals surface area contributed by atoms with Crippen molar-refractivity contribution >= 4 is 11.7 Å². The number of anilines is 1. The lowest BCUT2D eigenvalue weighted by molar-refractivity contribution is -0.274. The number of halogens is 3. The Morgan fingerprint density at radius 2 is 2.00 bits per heavy atom. The fourth-order valence-corrected chi connectivity index (χ4v) is 1.03. The van der Waals surface area contributed by atoms with E-state index in [1.807, 2.05) is 0 Å². The molecular formula is C9H8F3NO3. The molecule has 0 aliphatic heterocycles. The molecule has 0 spiro atoms. The number of methoxy groups -OCH3 is 1. The Kier molecular flexibility index (Phi) is 3.26. The van der Waals surface area contributed by atoms with Crippen LogP contribution < -0.4 is 10.5 Å². The fourth-order valence-electron chi connectivity index (χ4n) is 1.03. The highest BCUT2D eigenvalue weighted by molar-refractivity contribution is 5.93. The van der Waals surface area contributed by atoms with Crippen molar-refractivity contribution in [1.82, 2.24) is 0 Å². The Labute approximate surface area is 88.8 Å². The summed E-state index contributed by atoms with van der Waals surface area (Å²) in [5.74, 6) is -1.60. The first-order valence-electron chi connectivity index (χ1n) is 4.07. The summed E-state index contributed by atoms with van der Waals surface area (Å²) in [6.45, 7) is 0. The number of alkyl halides is 3. The number of carbonyl (C=O) groups is 1. The van der Waals surface area contributed by atoms with E-state index in [2.05, 4.69) is 9.47 Å². The maximum absolute atomic E-state index is 12.0. The van der Waals surface area contributed by atoms with Crippen LogP contribution in [0.5, 0.6) is 5.75 Å². The molecule has 0 fully saturated rings. The molecule has 0 aliphatic carbocycles. The summed E-state index contributed by atoms with van der Waals surface area (Å²) in [4.78, 5) is 11.1. The van der Waals surface area contributed by atoms with Crippen LogP contribution in [0.25, 0.3) is 0 Å². The summed E-state index contributed by atoms with van der Waals surface area (Å²) < 4.78 is 43.9. The molecule has 0 saturated heterocycles. The first-order valence-corrected chi connectivity index (χ1v) is 4.07. The minimum atomic E-state index is -4.88. The zero-order valence-corrected chi connectivity index (χ0v) is 8.17. The van der Waals surface area contributed by atoms with E-state index in [4.69, 9.17) is 5.73 Å². The molecule has 0 unspecified atom stereocenters. The molecule has 1 rings (SSSR count). The quantitative estimate of drug-likeness (QED) is 0.628. The van der Waals surface area contributed by atoms with Gasteiger partial charge in [0.2, 0.25) is 0 Å². The van der Waals surface area contributed by atoms with Gasteiger partial charge >= 0.3 is 12.3 Å². The van der Waals surface area contributed by atoms with E-state index >= 15 is 0 Å². The summed E-state index contributed by atoms with van der Waals surface area (Å²) in [7, 11) is 1.04. The zero-order chi connectivity index (χ0) is 12.3. The maximum atomic E-state index is 12.0. The second-order valence-electron chi connectivity index (χ2n) is 2.79. The van der Waals surface area contributed by atoms with Crippen molar-refractivity contribution in [3.63, 3.8) is 0 Å². The van der Waals surface area contributed by atoms with Gasteiger partial charge in [-0.1, -0.05) is 0 Å². The molecule has 4 nitrogen and oxygen atoms in total. The summed E-state index contributed by atoms with van der Waals surface area (Å²) >= 11 is 0. The number of esters is 1. The normalized spacial score (nSPS) is 11.0. The van der Waals surface area contributed by atoms with E-state index in [0.29, 0.717) is 0 Å². The largest absolute Gasteiger partial charge is 0.573 e. The van der Waals surface area contributed by atoms with Crippen LogP contribution in [0.15, 0.2) is 18.2 Å². The van der Waals surface area contributed by atoms with Gasteiger partial charge in [0.05, 0.1) is 7.11 Å². The van der Waals surface area contributed by atoms with Crippen LogP contribution in [0, 0.1) is 0 Å². The van der Waals surface area contributed by atoms with E-state index in [0.717, 1.165) is 19.2 Å². The van der Waals surface area contributed by atoms with Gasteiger partial charge in [-0.3, -0.25) is 0 Å². The second kappa shape index (κ2) is 4.30. The van der Waals surface area contributed by atoms with Gasteiger partial charge < -0.3 is 15.2 Å². The smallest absolute Gasteiger partial charge is 0.465 e. The number of benzene rings is 1. The number of carbonyl (C=O) groups excluding carboxylic acids is 1. The topological polar surface area (TPSA) is 61.5 Å². The van der Waals surface area contributed by atoms with E-state index in [1.54, 1.807) is 0 Å². The predicted molar refractivity (Wildman–Crippen MR) is 48.9 cm³/mol. The number of rotatable bonds is 2. The molecule has 1 aromatic carbocycles. The molecule has 0 saturated carbocycles. The van der Waals surface area contributed by atoms with Crippen molar-refractivity contribution in [2.24, 2.45) is 0 Å². The Bertz CT molecular complexity index is 403. The lowest BCUT2D eigenvalue weighted by Gasteiger charge is -2.12. The van der Waals surface area contributed by atoms with Crippen LogP contribution in [0.4, 0.5) is 18.9 Å². The summed E-state index contributed by atoms with van der Waals surface area (Å²) in [6.07, 6.45) is -4.88. The van der Waals surface area contributed by atoms with E-state index in [-0.39, 0.29) is 11.3 Å². The molecule has 0 radical (unpaired) electrons. The summed E-state index contributed by atoms with van der Waals surface area (Å²) in [5, 5.41) is 0. The minimum Gasteiger partial charge on any atom is -0.465 e. The van der Waals surface area contributed by atoms with Crippen molar-refractivity contribution in [1.29, 1.82) is 0 Å². The highest BCUT2D eigenvalue weighted by atomic mass is 19.4. The molecule has 0 aliphatic rings. The van der Waals surface area contributed by atoms with Crippen molar-refractivity contribution in [2.45, 2.75) is 6.36 Å². The Hall–Kier alpha value is -1.92. The molecule has 0 amide bonds. The number of hydrogen-bond donors (Lipinski definition) is 1. The lowest BCUT2D eigenvalue weighted by Crippen LogP contribution is -2.19. The summed E-state index contributed by atoms with van der Waals surface area (Å²) in [5.41, 5.74) is 5.10. The number of hydrogen-bond acceptors (Lipinski definition) is 4. The molecule has 88 valence electrons. The van der Waals surface area contributed by atoms with Crippen molar-refractivity contribution in [3.05, 3.63) is 23.8 Å². The highest BCUT2D eigenvalue weighted by Crippen LogP contribution is 2.28. The van der Waals surface area contributed by atoms with Crippen molar-refractivity contribution in [2.75, 3.05) is 12.8 Å². The van der Waals surface area contributed by atoms with Crippen molar-refractivity contribution in [3.8, 4) is 5.75 Å². The molecule has 0 atom stereocenters. The van der Waals surface area contributed by atoms with Gasteiger partial charge in [0.15, 0.2) is 0 Å². The average molecular weight is 235 g/mol. The number of nitrogen functional groups attached to an aromatic ring is 1. The molecule has 0 bridgehead atoms. The number of ether oxygens (including phenoxy) is 2. The average Bonchev–Trinajstić information content (AvgIpc) is 2.17. The fraction of sp³-hybridized carbons (Fsp3) is 0.222. The van der Waals surface area contributed by atoms with Gasteiger partial charge in [0.1, 0.15) is 11.3 Å². The van der Waals surface area contributed by atoms with Crippen LogP contribution in [0.1, 0.15) is 10.4 Å². The van der Waals surface area contributed by atoms with Crippen LogP contribution in [0.2, 0.25) is 0 Å². The standard InChI is InChI=1S/C9H8F3NO3/c1-15-8(14)6-4-5(13)2-3-7(6)16-9(10,11)12/h2-4H,13H2,1H3. The van der Waals surface area contributed by atoms with Crippen LogP contribution in [-0.4, -0.2) is 19.4 Å². The van der Waals surface area contributed by atoms with Gasteiger partial charge in [-0.2, -0.15) is 0 Å². The monoisotopic (exact) mass is 235 g/mol. The lowest BCUT2D eigenvalue weighted by atomic mass is 10.2. The second-order valence-corrected chi connectivity index (χ2v) is 2.79. The first-order chi connectivity index (χ1) is 7.33. The molecule has 2 N–H and O–H groups in total. The van der Waals surface area contributed by atoms with Gasteiger partial charge in [0, 0.05) is 5.69 Å². The molecule has 1 aromatic rings. The highest BCUT2D eigenvalue weighted by Gasteiger charge is 2.33. The van der Waals surface area contributed by atoms with Gasteiger partial charge in [-0.05, 0) is 18.2 Å². The van der Waals surface area contributed by atoms with Crippen LogP contribution in [0.3, 0.4) is 0 Å². The van der Waals surface area contributed by atoms with Crippen LogP contribution >= 0.6 is 0 Å². The molecule has 7 heteroatoms. The van der Waals surface area contributed by atoms with Gasteiger partial charge in [-0.15, -0.1) is 13.2 Å². The number of nitrogens with two attached hydrogens (primary N) is 1. The molecule has 16 heavy (non-hydrogen) atoms. The molecular weight excluding hydrogens is 227 g/mol. The zero-order valence-electron chi connectivity index (χ0n) is 8.17. The van der Waals surface area contributed by atoms with E-state index < -0.39 is 18.1 Å². The third-order valence-electron chi connectivity index (χ3n) is 1.63. The third-order valence-corrected chi connectivity index (χ3v) is 1.63. The minimum absolute atomic E-state index is 0.134. The van der Waals surface area contributed by atoms with Gasteiger partial charge in [-0.25, -0.2) is 4.79 Å². The van der Waals surface area contributed by atoms with Gasteiger partial charge in [0.25, 0.3) is 0 Å². The Balaban J connectivity index is 3.13. The SMILES string of the molecule is COC(=O)c1cc(N)ccc1OC(F)(F)F. The molecule has 0 aromatic heterocycles. The van der Waals surface area contributed by atoms with Crippen molar-refractivity contribution < 1.29 is 27.4 Å². The Morgan fingerprint density at radius 1 is 1.38 bits per heavy atom. The first kappa shape index (κ1) is 12.2. The predicted octanol–water partition coefficient (Wildman–Crippen LogP) is 1.95. The Morgan fingerprint density at radius 3 is 2.50 bits per heavy atom. The van der Waals surface area contributed by atoms with E-state index in [9.17, 15) is 18.0 Å². The molecule has 0 heterocycles.